The van der Waals surface area contributed by atoms with E-state index in [1.54, 1.807) is 32.9 Å². The predicted molar refractivity (Wildman–Crippen MR) is 549 cm³/mol. The average molecular weight is 1950 g/mol. The first-order valence-corrected chi connectivity index (χ1v) is 49.0. The van der Waals surface area contributed by atoms with Crippen molar-refractivity contribution >= 4 is 53.2 Å². The van der Waals surface area contributed by atoms with Gasteiger partial charge in [0.2, 0.25) is 0 Å². The quantitative estimate of drug-likeness (QED) is 0.0134. The van der Waals surface area contributed by atoms with Gasteiger partial charge in [-0.05, 0) is 127 Å². The molecule has 144 heavy (non-hydrogen) atoms. The first-order valence-electron chi connectivity index (χ1n) is 49.0. The summed E-state index contributed by atoms with van der Waals surface area (Å²) in [7, 11) is 0. The fraction of sp³-hybridized carbons (Fsp3) is 0.296. The zero-order chi connectivity index (χ0) is 100. The van der Waals surface area contributed by atoms with Crippen LogP contribution in [0.4, 0.5) is 4.79 Å². The number of unbranched alkanes of at least 4 members (excludes halogenated alkanes) is 3. The molecule has 12 aromatic carbocycles. The molecule has 0 saturated carbocycles. The summed E-state index contributed by atoms with van der Waals surface area (Å²) in [4.78, 5) is 141. The SMILES string of the molecule is CC(C)(C)OC(=O)NCCCCCCC(=O)c1ccc(C(=O)NCCN2CCNC(=O)c3ccc(c(OCc4ccccc4)c3OCc3ccccc3)C(=O)NCCN3CCNC(=O)c4ccc(c(OCc5ccccc5)c4OCc4ccccc4)C(=O)NCCN(CCNC(=O)c4ccc(c(OCc5ccccc5)c4OCc4ccccc4)C(=O)NCC3)CC2)c(OCc2ccccc2)c1OCc1ccccc1. The molecule has 0 aromatic heterocycles. The third-order valence-electron chi connectivity index (χ3n) is 24.0. The number of alkyl carbamates (subject to hydrolysis) is 1. The van der Waals surface area contributed by atoms with Crippen LogP contribution in [-0.4, -0.2) is 185 Å². The molecule has 0 atom stereocenters. The summed E-state index contributed by atoms with van der Waals surface area (Å²) < 4.78 is 59.3. The van der Waals surface area contributed by atoms with E-state index in [0.29, 0.717) is 25.8 Å². The third kappa shape index (κ3) is 31.6. The van der Waals surface area contributed by atoms with Gasteiger partial charge in [-0.25, -0.2) is 4.79 Å². The minimum atomic E-state index is -0.643. The molecule has 12 aromatic rings. The lowest BCUT2D eigenvalue weighted by molar-refractivity contribution is 0.0525. The van der Waals surface area contributed by atoms with Crippen LogP contribution in [0.5, 0.6) is 46.0 Å². The highest BCUT2D eigenvalue weighted by molar-refractivity contribution is 6.07. The number of hydrogen-bond acceptors (Lipinski definition) is 21. The second-order valence-electron chi connectivity index (χ2n) is 35.8. The maximum absolute atomic E-state index is 15.5. The number of carbonyl (C=O) groups excluding carboxylic acids is 9. The molecule has 15 rings (SSSR count). The van der Waals surface area contributed by atoms with Crippen LogP contribution in [0.2, 0.25) is 0 Å². The lowest BCUT2D eigenvalue weighted by Crippen LogP contribution is -2.46. The molecule has 0 radical (unpaired) electrons. The van der Waals surface area contributed by atoms with Crippen molar-refractivity contribution in [3.05, 3.63) is 380 Å². The zero-order valence-corrected chi connectivity index (χ0v) is 81.6. The van der Waals surface area contributed by atoms with Gasteiger partial charge in [0.05, 0.1) is 44.5 Å². The van der Waals surface area contributed by atoms with E-state index in [1.807, 2.05) is 257 Å². The number of nitrogens with zero attached hydrogens (tertiary/aromatic N) is 3. The van der Waals surface area contributed by atoms with Crippen LogP contribution >= 0.6 is 0 Å². The van der Waals surface area contributed by atoms with Crippen molar-refractivity contribution in [3.63, 3.8) is 0 Å². The van der Waals surface area contributed by atoms with E-state index in [2.05, 4.69) is 42.5 Å². The van der Waals surface area contributed by atoms with E-state index in [-0.39, 0.29) is 260 Å². The maximum atomic E-state index is 15.5. The van der Waals surface area contributed by atoms with Crippen molar-refractivity contribution in [1.82, 2.24) is 57.2 Å². The molecule has 0 aliphatic carbocycles. The zero-order valence-electron chi connectivity index (χ0n) is 81.6. The van der Waals surface area contributed by atoms with Crippen LogP contribution in [0.15, 0.2) is 291 Å². The molecule has 0 saturated heterocycles. The van der Waals surface area contributed by atoms with Crippen molar-refractivity contribution in [1.29, 1.82) is 0 Å². The van der Waals surface area contributed by atoms with Gasteiger partial charge in [0.25, 0.3) is 41.4 Å². The molecule has 29 heteroatoms. The van der Waals surface area contributed by atoms with Gasteiger partial charge in [-0.3, -0.25) is 53.1 Å². The minimum absolute atomic E-state index is 0.00133. The minimum Gasteiger partial charge on any atom is -0.484 e. The number of hydrogen-bond donors (Lipinski definition) is 8. The Labute approximate surface area is 840 Å². The molecule has 8 N–H and O–H groups in total. The summed E-state index contributed by atoms with van der Waals surface area (Å²) in [5.41, 5.74) is 6.13. The number of ether oxygens (including phenoxy) is 9. The molecule has 0 unspecified atom stereocenters. The molecule has 3 aliphatic heterocycles. The number of Topliss-reactive ketones (excluding diaryl/α,β-unsaturated/α-hetero) is 1. The van der Waals surface area contributed by atoms with Crippen LogP contribution in [0.1, 0.15) is 180 Å². The van der Waals surface area contributed by atoms with Gasteiger partial charge in [0.1, 0.15) is 58.5 Å². The van der Waals surface area contributed by atoms with E-state index in [4.69, 9.17) is 42.6 Å². The summed E-state index contributed by atoms with van der Waals surface area (Å²) in [5, 5.41) is 24.8. The maximum Gasteiger partial charge on any atom is 0.407 e. The molecular weight excluding hydrogens is 1820 g/mol. The van der Waals surface area contributed by atoms with E-state index in [1.165, 1.54) is 36.4 Å². The predicted octanol–water partition coefficient (Wildman–Crippen LogP) is 16.1. The Hall–Kier alpha value is -15.9. The second-order valence-corrected chi connectivity index (χ2v) is 35.8. The van der Waals surface area contributed by atoms with Gasteiger partial charge in [-0.15, -0.1) is 0 Å². The highest BCUT2D eigenvalue weighted by Crippen LogP contribution is 2.42. The average Bonchev–Trinajstić information content (AvgIpc) is 0.807. The van der Waals surface area contributed by atoms with Crippen LogP contribution < -0.4 is 80.4 Å². The Morgan fingerprint density at radius 1 is 0.271 bits per heavy atom. The number of fused-ring (bicyclic) bond motifs is 21. The number of ketones is 1. The van der Waals surface area contributed by atoms with Crippen molar-refractivity contribution in [2.75, 3.05) is 111 Å². The Balaban J connectivity index is 0.849. The molecular formula is C115H125N11O18. The highest BCUT2D eigenvalue weighted by Gasteiger charge is 2.33. The van der Waals surface area contributed by atoms with Crippen LogP contribution in [0.25, 0.3) is 0 Å². The van der Waals surface area contributed by atoms with Gasteiger partial charge in [-0.1, -0.05) is 255 Å². The molecule has 8 amide bonds. The van der Waals surface area contributed by atoms with Crippen LogP contribution in [0.3, 0.4) is 0 Å². The molecule has 8 bridgehead atoms. The smallest absolute Gasteiger partial charge is 0.407 e. The lowest BCUT2D eigenvalue weighted by atomic mass is 10.00. The third-order valence-corrected chi connectivity index (χ3v) is 24.0. The Morgan fingerprint density at radius 3 is 0.806 bits per heavy atom. The van der Waals surface area contributed by atoms with Gasteiger partial charge >= 0.3 is 6.09 Å². The van der Waals surface area contributed by atoms with E-state index < -0.39 is 53.0 Å². The summed E-state index contributed by atoms with van der Waals surface area (Å²) in [6, 6.07) is 87.4. The number of benzene rings is 12. The van der Waals surface area contributed by atoms with E-state index in [9.17, 15) is 9.59 Å². The van der Waals surface area contributed by atoms with Crippen molar-refractivity contribution in [2.24, 2.45) is 0 Å². The summed E-state index contributed by atoms with van der Waals surface area (Å²) in [6.45, 7) is 7.01. The molecule has 3 heterocycles. The number of rotatable bonds is 36. The van der Waals surface area contributed by atoms with Gasteiger partial charge in [0, 0.05) is 118 Å². The standard InChI is InChI=1S/C115H125N11O18/c1-115(2,3)144-114(135)123-57-31-5-4-30-48-98(127)90-49-50-91(100(137-75-83-34-16-7-17-35-83)99(90)136-74-82-32-14-6-15-33-82)107(128)119-61-68-125-69-62-120-111(132)95-54-51-92(101(138-76-84-36-18-8-19-37-84)104(95)141-79-87-42-24-11-25-43-87)108(129)116-58-65-124-66-59-117-109(130)93-52-55-96(105(142-80-88-44-26-12-27-45-88)102(93)139-77-85-38-20-9-21-39-85)112(133)121-63-70-126(73-72-125)71-64-122-113(134)97-56-53-94(110(131)118-60-67-124)103(140-78-86-40-22-10-23-41-86)106(97)143-81-89-46-28-13-29-47-89/h6-29,32-47,49-56H,4-5,30-31,48,57-81H2,1-3H3,(H,116,129)(H,117,130)(H,118,131)(H,119,128)(H,120,132)(H,121,133)(H,122,134)(H,123,135). The Morgan fingerprint density at radius 2 is 0.521 bits per heavy atom. The van der Waals surface area contributed by atoms with E-state index >= 15 is 33.6 Å². The largest absolute Gasteiger partial charge is 0.484 e. The van der Waals surface area contributed by atoms with Crippen molar-refractivity contribution in [3.8, 4) is 46.0 Å². The van der Waals surface area contributed by atoms with Crippen molar-refractivity contribution in [2.45, 2.75) is 111 Å². The first kappa shape index (κ1) is 104. The Bertz CT molecular complexity index is 6050. The van der Waals surface area contributed by atoms with Crippen LogP contribution in [-0.2, 0) is 57.6 Å². The summed E-state index contributed by atoms with van der Waals surface area (Å²) in [6.07, 6.45) is 2.25. The summed E-state index contributed by atoms with van der Waals surface area (Å²) >= 11 is 0. The second kappa shape index (κ2) is 54.2. The number of amides is 8. The molecule has 29 nitrogen and oxygen atoms in total. The number of nitrogens with one attached hydrogen (secondary N) is 8. The van der Waals surface area contributed by atoms with E-state index in [0.717, 1.165) is 50.9 Å². The number of carbonyl (C=O) groups is 9. The highest BCUT2D eigenvalue weighted by atomic mass is 16.6. The fourth-order valence-electron chi connectivity index (χ4n) is 16.4. The normalized spacial score (nSPS) is 14.9. The van der Waals surface area contributed by atoms with Gasteiger partial charge in [-0.2, -0.15) is 0 Å². The lowest BCUT2D eigenvalue weighted by Gasteiger charge is -2.28. The van der Waals surface area contributed by atoms with Gasteiger partial charge in [0.15, 0.2) is 51.8 Å². The molecule has 0 fully saturated rings. The molecule has 748 valence electrons. The Kier molecular flexibility index (Phi) is 39.2. The topological polar surface area (TPSA) is 343 Å². The first-order chi connectivity index (χ1) is 70.3. The van der Waals surface area contributed by atoms with Crippen molar-refractivity contribution < 1.29 is 85.8 Å². The summed E-state index contributed by atoms with van der Waals surface area (Å²) in [5.74, 6) is -4.09. The monoisotopic (exact) mass is 1950 g/mol. The molecule has 0 spiro atoms. The molecule has 3 aliphatic rings. The fourth-order valence-corrected chi connectivity index (χ4v) is 16.4. The van der Waals surface area contributed by atoms with Crippen LogP contribution in [0, 0.1) is 0 Å². The van der Waals surface area contributed by atoms with Gasteiger partial charge < -0.3 is 85.2 Å².